The van der Waals surface area contributed by atoms with Gasteiger partial charge >= 0.3 is 5.69 Å². The predicted octanol–water partition coefficient (Wildman–Crippen LogP) is -0.287. The van der Waals surface area contributed by atoms with Crippen molar-refractivity contribution in [2.45, 2.75) is 19.9 Å². The minimum Gasteiger partial charge on any atom is -0.282 e. The van der Waals surface area contributed by atoms with Crippen LogP contribution in [0.5, 0.6) is 0 Å². The van der Waals surface area contributed by atoms with Gasteiger partial charge in [0.1, 0.15) is 5.82 Å². The molecule has 0 amide bonds. The van der Waals surface area contributed by atoms with Crippen LogP contribution < -0.4 is 5.69 Å². The SMILES string of the molecule is CCc1nn(CCS(=O)(=O)Cl)c(=O)n1C. The second-order valence-corrected chi connectivity index (χ2v) is 5.97. The Hall–Kier alpha value is -0.820. The Morgan fingerprint density at radius 1 is 1.47 bits per heavy atom. The van der Waals surface area contributed by atoms with Gasteiger partial charge in [-0.05, 0) is 0 Å². The summed E-state index contributed by atoms with van der Waals surface area (Å²) in [5, 5.41) is 3.97. The Labute approximate surface area is 91.9 Å². The van der Waals surface area contributed by atoms with Gasteiger partial charge in [-0.1, -0.05) is 6.92 Å². The molecule has 0 aromatic carbocycles. The summed E-state index contributed by atoms with van der Waals surface area (Å²) in [4.78, 5) is 11.5. The van der Waals surface area contributed by atoms with Crippen LogP contribution in [0.1, 0.15) is 12.7 Å². The van der Waals surface area contributed by atoms with Gasteiger partial charge in [-0.3, -0.25) is 4.57 Å². The van der Waals surface area contributed by atoms with E-state index in [0.29, 0.717) is 12.2 Å². The quantitative estimate of drug-likeness (QED) is 0.692. The maximum atomic E-state index is 11.5. The molecule has 0 N–H and O–H groups in total. The molecule has 0 bridgehead atoms. The zero-order valence-electron chi connectivity index (χ0n) is 8.47. The average molecular weight is 254 g/mol. The summed E-state index contributed by atoms with van der Waals surface area (Å²) in [5.74, 6) is 0.321. The molecular weight excluding hydrogens is 242 g/mol. The van der Waals surface area contributed by atoms with Crippen molar-refractivity contribution in [3.63, 3.8) is 0 Å². The minimum absolute atomic E-state index is 0.0154. The van der Waals surface area contributed by atoms with Gasteiger partial charge in [0.15, 0.2) is 0 Å². The van der Waals surface area contributed by atoms with Crippen LogP contribution in [-0.2, 0) is 29.1 Å². The average Bonchev–Trinajstić information content (AvgIpc) is 2.40. The molecule has 1 rings (SSSR count). The van der Waals surface area contributed by atoms with E-state index in [-0.39, 0.29) is 18.0 Å². The lowest BCUT2D eigenvalue weighted by Crippen LogP contribution is -2.25. The first-order valence-corrected chi connectivity index (χ1v) is 6.88. The molecular formula is C7H12ClN3O3S. The first-order chi connectivity index (χ1) is 6.85. The standard InChI is InChI=1S/C7H12ClN3O3S/c1-3-6-9-11(7(12)10(6)2)4-5-15(8,13)14/h3-5H2,1-2H3. The molecule has 1 aromatic heterocycles. The zero-order chi connectivity index (χ0) is 11.6. The Kier molecular flexibility index (Phi) is 3.56. The predicted molar refractivity (Wildman–Crippen MR) is 56.5 cm³/mol. The number of aryl methyl sites for hydroxylation is 2. The summed E-state index contributed by atoms with van der Waals surface area (Å²) in [6, 6.07) is 0. The van der Waals surface area contributed by atoms with Crippen molar-refractivity contribution in [1.29, 1.82) is 0 Å². The maximum absolute atomic E-state index is 11.5. The fourth-order valence-electron chi connectivity index (χ4n) is 1.18. The highest BCUT2D eigenvalue weighted by Gasteiger charge is 2.11. The molecule has 15 heavy (non-hydrogen) atoms. The van der Waals surface area contributed by atoms with Crippen molar-refractivity contribution < 1.29 is 8.42 Å². The molecule has 0 fully saturated rings. The topological polar surface area (TPSA) is 74.0 Å². The highest BCUT2D eigenvalue weighted by Crippen LogP contribution is 1.97. The summed E-state index contributed by atoms with van der Waals surface area (Å²) in [7, 11) is 3.05. The van der Waals surface area contributed by atoms with E-state index in [1.54, 1.807) is 7.05 Å². The summed E-state index contributed by atoms with van der Waals surface area (Å²) < 4.78 is 23.9. The Bertz CT molecular complexity index is 502. The van der Waals surface area contributed by atoms with Crippen LogP contribution in [0.3, 0.4) is 0 Å². The first-order valence-electron chi connectivity index (χ1n) is 4.40. The van der Waals surface area contributed by atoms with Crippen molar-refractivity contribution in [2.24, 2.45) is 7.05 Å². The van der Waals surface area contributed by atoms with Crippen LogP contribution in [0.4, 0.5) is 0 Å². The van der Waals surface area contributed by atoms with Crippen molar-refractivity contribution in [1.82, 2.24) is 14.3 Å². The molecule has 0 saturated heterocycles. The fourth-order valence-corrected chi connectivity index (χ4v) is 1.78. The van der Waals surface area contributed by atoms with Gasteiger partial charge in [0.05, 0.1) is 12.3 Å². The van der Waals surface area contributed by atoms with Crippen molar-refractivity contribution >= 4 is 19.7 Å². The normalized spacial score (nSPS) is 11.9. The van der Waals surface area contributed by atoms with E-state index in [0.717, 1.165) is 4.68 Å². The summed E-state index contributed by atoms with van der Waals surface area (Å²) >= 11 is 0. The molecule has 0 unspecified atom stereocenters. The highest BCUT2D eigenvalue weighted by molar-refractivity contribution is 8.13. The second kappa shape index (κ2) is 4.36. The van der Waals surface area contributed by atoms with E-state index in [1.165, 1.54) is 4.57 Å². The Morgan fingerprint density at radius 2 is 2.07 bits per heavy atom. The van der Waals surface area contributed by atoms with E-state index in [4.69, 9.17) is 10.7 Å². The van der Waals surface area contributed by atoms with Crippen LogP contribution in [0.25, 0.3) is 0 Å². The minimum atomic E-state index is -3.59. The molecule has 0 aliphatic heterocycles. The van der Waals surface area contributed by atoms with Gasteiger partial charge in [0.2, 0.25) is 9.05 Å². The van der Waals surface area contributed by atoms with Crippen molar-refractivity contribution in [3.8, 4) is 0 Å². The van der Waals surface area contributed by atoms with E-state index < -0.39 is 9.05 Å². The lowest BCUT2D eigenvalue weighted by molar-refractivity contribution is 0.583. The van der Waals surface area contributed by atoms with Crippen molar-refractivity contribution in [2.75, 3.05) is 5.75 Å². The molecule has 86 valence electrons. The largest absolute Gasteiger partial charge is 0.345 e. The smallest absolute Gasteiger partial charge is 0.282 e. The van der Waals surface area contributed by atoms with Gasteiger partial charge in [0, 0.05) is 24.2 Å². The molecule has 1 heterocycles. The lowest BCUT2D eigenvalue weighted by Gasteiger charge is -1.95. The number of hydrogen-bond acceptors (Lipinski definition) is 4. The van der Waals surface area contributed by atoms with Gasteiger partial charge in [0.25, 0.3) is 0 Å². The third-order valence-electron chi connectivity index (χ3n) is 1.99. The van der Waals surface area contributed by atoms with Gasteiger partial charge in [-0.15, -0.1) is 0 Å². The molecule has 0 radical (unpaired) electrons. The second-order valence-electron chi connectivity index (χ2n) is 3.08. The van der Waals surface area contributed by atoms with Crippen LogP contribution in [0.15, 0.2) is 4.79 Å². The molecule has 0 aliphatic rings. The fraction of sp³-hybridized carbons (Fsp3) is 0.714. The maximum Gasteiger partial charge on any atom is 0.345 e. The number of halogens is 1. The molecule has 1 aromatic rings. The van der Waals surface area contributed by atoms with E-state index in [9.17, 15) is 13.2 Å². The number of aromatic nitrogens is 3. The highest BCUT2D eigenvalue weighted by atomic mass is 35.7. The molecule has 0 spiro atoms. The molecule has 6 nitrogen and oxygen atoms in total. The zero-order valence-corrected chi connectivity index (χ0v) is 10.0. The molecule has 0 aliphatic carbocycles. The number of rotatable bonds is 4. The van der Waals surface area contributed by atoms with Crippen LogP contribution in [-0.4, -0.2) is 28.5 Å². The third-order valence-corrected chi connectivity index (χ3v) is 3.13. The van der Waals surface area contributed by atoms with Crippen LogP contribution >= 0.6 is 10.7 Å². The summed E-state index contributed by atoms with van der Waals surface area (Å²) in [6.45, 7) is 1.85. The van der Waals surface area contributed by atoms with Gasteiger partial charge in [-0.25, -0.2) is 17.9 Å². The van der Waals surface area contributed by atoms with Gasteiger partial charge in [-0.2, -0.15) is 5.10 Å². The number of hydrogen-bond donors (Lipinski definition) is 0. The monoisotopic (exact) mass is 253 g/mol. The molecule has 0 saturated carbocycles. The molecule has 8 heteroatoms. The Balaban J connectivity index is 2.92. The van der Waals surface area contributed by atoms with Crippen LogP contribution in [0.2, 0.25) is 0 Å². The summed E-state index contributed by atoms with van der Waals surface area (Å²) in [5.41, 5.74) is -0.327. The first kappa shape index (κ1) is 12.3. The van der Waals surface area contributed by atoms with E-state index in [2.05, 4.69) is 5.10 Å². The molecule has 0 atom stereocenters. The lowest BCUT2D eigenvalue weighted by atomic mass is 10.5. The van der Waals surface area contributed by atoms with E-state index >= 15 is 0 Å². The van der Waals surface area contributed by atoms with Crippen molar-refractivity contribution in [3.05, 3.63) is 16.3 Å². The third kappa shape index (κ3) is 3.07. The Morgan fingerprint density at radius 3 is 2.47 bits per heavy atom. The number of nitrogens with zero attached hydrogens (tertiary/aromatic N) is 3. The van der Waals surface area contributed by atoms with Gasteiger partial charge < -0.3 is 0 Å². The summed E-state index contributed by atoms with van der Waals surface area (Å²) in [6.07, 6.45) is 0.617. The van der Waals surface area contributed by atoms with E-state index in [1.807, 2.05) is 6.92 Å². The van der Waals surface area contributed by atoms with Crippen LogP contribution in [0, 0.1) is 0 Å².